The van der Waals surface area contributed by atoms with Crippen LogP contribution in [0.2, 0.25) is 0 Å². The van der Waals surface area contributed by atoms with E-state index in [0.29, 0.717) is 32.7 Å². The number of carbonyl (C=O) groups excluding carboxylic acids is 2. The summed E-state index contributed by atoms with van der Waals surface area (Å²) < 4.78 is 21.7. The Kier molecular flexibility index (Phi) is 10.8. The van der Waals surface area contributed by atoms with Crippen LogP contribution >= 0.6 is 7.92 Å². The van der Waals surface area contributed by atoms with Gasteiger partial charge in [0.2, 0.25) is 0 Å². The summed E-state index contributed by atoms with van der Waals surface area (Å²) >= 11 is 0. The fourth-order valence-corrected chi connectivity index (χ4v) is 2.76. The first-order chi connectivity index (χ1) is 12.1. The molecule has 0 aliphatic rings. The number of rotatable bonds is 10. The third-order valence-corrected chi connectivity index (χ3v) is 6.09. The zero-order valence-electron chi connectivity index (χ0n) is 18.4. The number of esters is 1. The van der Waals surface area contributed by atoms with Gasteiger partial charge in [-0.3, -0.25) is 4.79 Å². The van der Waals surface area contributed by atoms with Crippen LogP contribution in [0.15, 0.2) is 0 Å². The van der Waals surface area contributed by atoms with Crippen LogP contribution in [0.5, 0.6) is 0 Å². The van der Waals surface area contributed by atoms with Gasteiger partial charge in [0.1, 0.15) is 11.2 Å². The van der Waals surface area contributed by atoms with Crippen molar-refractivity contribution in [1.82, 2.24) is 5.32 Å². The molecule has 0 aromatic rings. The van der Waals surface area contributed by atoms with Crippen LogP contribution in [0, 0.1) is 0 Å². The second-order valence-corrected chi connectivity index (χ2v) is 11.6. The molecule has 0 heterocycles. The van der Waals surface area contributed by atoms with Gasteiger partial charge in [-0.2, -0.15) is 0 Å². The van der Waals surface area contributed by atoms with Crippen molar-refractivity contribution in [2.24, 2.45) is 0 Å². The number of ether oxygens (including phenoxy) is 4. The molecule has 0 bridgehead atoms. The van der Waals surface area contributed by atoms with Gasteiger partial charge >= 0.3 is 12.1 Å². The molecule has 8 heteroatoms. The average Bonchev–Trinajstić information content (AvgIpc) is 2.45. The summed E-state index contributed by atoms with van der Waals surface area (Å²) in [4.78, 5) is 23.8. The zero-order valence-corrected chi connectivity index (χ0v) is 19.3. The van der Waals surface area contributed by atoms with E-state index >= 15 is 0 Å². The predicted octanol–water partition coefficient (Wildman–Crippen LogP) is 3.73. The van der Waals surface area contributed by atoms with Crippen molar-refractivity contribution in [2.75, 3.05) is 39.4 Å². The third-order valence-electron chi connectivity index (χ3n) is 3.42. The molecular formula is C19H38NO6P. The van der Waals surface area contributed by atoms with Crippen LogP contribution in [0.4, 0.5) is 4.79 Å². The summed E-state index contributed by atoms with van der Waals surface area (Å²) in [6.07, 6.45) is 0.0459. The summed E-state index contributed by atoms with van der Waals surface area (Å²) in [6, 6.07) is 0. The summed E-state index contributed by atoms with van der Waals surface area (Å²) in [5.41, 5.74) is -1.00. The minimum Gasteiger partial charge on any atom is -0.459 e. The monoisotopic (exact) mass is 407 g/mol. The first kappa shape index (κ1) is 26.1. The van der Waals surface area contributed by atoms with E-state index in [1.807, 2.05) is 62.1 Å². The van der Waals surface area contributed by atoms with Gasteiger partial charge in [0.05, 0.1) is 31.3 Å². The lowest BCUT2D eigenvalue weighted by Crippen LogP contribution is -2.38. The summed E-state index contributed by atoms with van der Waals surface area (Å²) in [7, 11) is -0.692. The van der Waals surface area contributed by atoms with Gasteiger partial charge in [-0.25, -0.2) is 4.79 Å². The standard InChI is InChI=1S/C19H38NO6P/c1-17(2,3)25-15(21)19(7,8)27(9)14-24-13-12-23-11-10-20-16(22)26-18(4,5)6/h10-14H2,1-9H3,(H,20,22). The van der Waals surface area contributed by atoms with Crippen molar-refractivity contribution < 1.29 is 28.5 Å². The Bertz CT molecular complexity index is 468. The number of carbonyl (C=O) groups is 2. The van der Waals surface area contributed by atoms with Gasteiger partial charge in [-0.05, 0) is 62.1 Å². The van der Waals surface area contributed by atoms with E-state index < -0.39 is 30.4 Å². The van der Waals surface area contributed by atoms with Crippen molar-refractivity contribution in [3.63, 3.8) is 0 Å². The van der Waals surface area contributed by atoms with Crippen molar-refractivity contribution >= 4 is 20.0 Å². The normalized spacial score (nSPS) is 13.8. The van der Waals surface area contributed by atoms with E-state index in [1.165, 1.54) is 0 Å². The number of alkyl carbamates (subject to hydrolysis) is 1. The van der Waals surface area contributed by atoms with Crippen LogP contribution in [-0.4, -0.2) is 67.8 Å². The topological polar surface area (TPSA) is 83.1 Å². The van der Waals surface area contributed by atoms with Crippen molar-refractivity contribution in [3.8, 4) is 0 Å². The number of amides is 1. The molecule has 7 nitrogen and oxygen atoms in total. The highest BCUT2D eigenvalue weighted by atomic mass is 31.1. The minimum absolute atomic E-state index is 0.198. The zero-order chi connectivity index (χ0) is 21.3. The highest BCUT2D eigenvalue weighted by Gasteiger charge is 2.37. The second kappa shape index (κ2) is 11.2. The highest BCUT2D eigenvalue weighted by Crippen LogP contribution is 2.47. The first-order valence-corrected chi connectivity index (χ1v) is 11.2. The summed E-state index contributed by atoms with van der Waals surface area (Å²) in [5.74, 6) is -0.198. The number of hydrogen-bond donors (Lipinski definition) is 1. The molecule has 0 aliphatic heterocycles. The quantitative estimate of drug-likeness (QED) is 0.337. The highest BCUT2D eigenvalue weighted by molar-refractivity contribution is 7.59. The van der Waals surface area contributed by atoms with E-state index in [4.69, 9.17) is 18.9 Å². The molecule has 0 spiro atoms. The Morgan fingerprint density at radius 1 is 0.815 bits per heavy atom. The van der Waals surface area contributed by atoms with Gasteiger partial charge in [0.25, 0.3) is 0 Å². The maximum Gasteiger partial charge on any atom is 0.407 e. The number of nitrogens with one attached hydrogen (secondary N) is 1. The molecule has 27 heavy (non-hydrogen) atoms. The molecule has 0 fully saturated rings. The lowest BCUT2D eigenvalue weighted by molar-refractivity contribution is -0.157. The van der Waals surface area contributed by atoms with E-state index in [9.17, 15) is 9.59 Å². The van der Waals surface area contributed by atoms with Crippen molar-refractivity contribution in [3.05, 3.63) is 0 Å². The molecule has 0 rings (SSSR count). The fraction of sp³-hybridized carbons (Fsp3) is 0.895. The Hall–Kier alpha value is -0.910. The lowest BCUT2D eigenvalue weighted by atomic mass is 10.1. The van der Waals surface area contributed by atoms with E-state index in [1.54, 1.807) is 0 Å². The van der Waals surface area contributed by atoms with Crippen LogP contribution in [0.3, 0.4) is 0 Å². The average molecular weight is 407 g/mol. The van der Waals surface area contributed by atoms with Gasteiger partial charge in [0.15, 0.2) is 0 Å². The molecule has 0 saturated heterocycles. The Balaban J connectivity index is 3.89. The molecule has 1 amide bonds. The Morgan fingerprint density at radius 2 is 1.33 bits per heavy atom. The summed E-state index contributed by atoms with van der Waals surface area (Å²) in [6.45, 7) is 18.5. The molecule has 0 aromatic carbocycles. The molecule has 1 atom stereocenters. The maximum atomic E-state index is 12.3. The second-order valence-electron chi connectivity index (χ2n) is 8.84. The molecule has 0 radical (unpaired) electrons. The molecule has 0 aliphatic carbocycles. The summed E-state index contributed by atoms with van der Waals surface area (Å²) in [5, 5.41) is 2.06. The Morgan fingerprint density at radius 3 is 1.85 bits per heavy atom. The van der Waals surface area contributed by atoms with Crippen LogP contribution < -0.4 is 5.32 Å². The first-order valence-electron chi connectivity index (χ1n) is 9.22. The fourth-order valence-electron chi connectivity index (χ4n) is 1.68. The molecule has 0 aromatic heterocycles. The lowest BCUT2D eigenvalue weighted by Gasteiger charge is -2.33. The molecule has 0 saturated carbocycles. The minimum atomic E-state index is -0.692. The number of hydrogen-bond acceptors (Lipinski definition) is 6. The molecule has 160 valence electrons. The molecule has 1 N–H and O–H groups in total. The molecule has 1 unspecified atom stereocenters. The third kappa shape index (κ3) is 13.0. The van der Waals surface area contributed by atoms with Crippen LogP contribution in [0.25, 0.3) is 0 Å². The Labute approximate surface area is 165 Å². The molecular weight excluding hydrogens is 369 g/mol. The maximum absolute atomic E-state index is 12.3. The smallest absolute Gasteiger partial charge is 0.407 e. The van der Waals surface area contributed by atoms with Crippen molar-refractivity contribution in [2.45, 2.75) is 71.7 Å². The van der Waals surface area contributed by atoms with E-state index in [2.05, 4.69) is 5.32 Å². The van der Waals surface area contributed by atoms with Crippen LogP contribution in [0.1, 0.15) is 55.4 Å². The predicted molar refractivity (Wildman–Crippen MR) is 109 cm³/mol. The van der Waals surface area contributed by atoms with Crippen molar-refractivity contribution in [1.29, 1.82) is 0 Å². The SMILES string of the molecule is CP(COCCOCCNC(=O)OC(C)(C)C)C(C)(C)C(=O)OC(C)(C)C. The van der Waals surface area contributed by atoms with E-state index in [-0.39, 0.29) is 5.97 Å². The van der Waals surface area contributed by atoms with Gasteiger partial charge in [0, 0.05) is 6.54 Å². The van der Waals surface area contributed by atoms with Crippen LogP contribution in [-0.2, 0) is 23.7 Å². The van der Waals surface area contributed by atoms with Gasteiger partial charge in [-0.1, -0.05) is 7.92 Å². The largest absolute Gasteiger partial charge is 0.459 e. The van der Waals surface area contributed by atoms with E-state index in [0.717, 1.165) is 0 Å². The van der Waals surface area contributed by atoms with Gasteiger partial charge in [-0.15, -0.1) is 0 Å². The van der Waals surface area contributed by atoms with Gasteiger partial charge < -0.3 is 24.3 Å².